The van der Waals surface area contributed by atoms with Gasteiger partial charge >= 0.3 is 12.1 Å². The first kappa shape index (κ1) is 28.8. The molecule has 3 N–H and O–H groups in total. The molecule has 0 saturated carbocycles. The fourth-order valence-corrected chi connectivity index (χ4v) is 4.99. The maximum absolute atomic E-state index is 13.3. The number of ether oxygens (including phenoxy) is 2. The first-order chi connectivity index (χ1) is 19.3. The number of alkyl carbamates (subject to hydrolysis) is 1. The molecule has 1 unspecified atom stereocenters. The average molecular weight is 545 g/mol. The maximum atomic E-state index is 13.3. The van der Waals surface area contributed by atoms with Gasteiger partial charge in [-0.1, -0.05) is 99.1 Å². The van der Waals surface area contributed by atoms with Gasteiger partial charge in [-0.25, -0.2) is 9.59 Å². The van der Waals surface area contributed by atoms with Gasteiger partial charge in [-0.05, 0) is 40.7 Å². The summed E-state index contributed by atoms with van der Waals surface area (Å²) in [6, 6.07) is 23.2. The van der Waals surface area contributed by atoms with Crippen LogP contribution >= 0.6 is 0 Å². The zero-order valence-corrected chi connectivity index (χ0v) is 23.0. The van der Waals surface area contributed by atoms with E-state index in [1.54, 1.807) is 6.92 Å². The number of fused-ring (bicyclic) bond motifs is 3. The first-order valence-corrected chi connectivity index (χ1v) is 13.6. The summed E-state index contributed by atoms with van der Waals surface area (Å²) in [5.74, 6) is -2.22. The Bertz CT molecular complexity index is 1280. The standard InChI is InChI=1S/C32H36N2O6/c1-4-20(2)28(30(35)33-29(31(36)37)21(3)39-18-22-12-6-5-7-13-22)34-32(38)40-19-27-25-16-10-8-14-23(25)24-15-9-11-17-26(24)27/h5-17,20-21,27-29H,4,18-19H2,1-3H3,(H,33,35)(H,34,38)(H,36,37)/t20?,21-,28-,29+/m0/s1. The quantitative estimate of drug-likeness (QED) is 0.292. The Morgan fingerprint density at radius 3 is 1.98 bits per heavy atom. The third kappa shape index (κ3) is 6.69. The van der Waals surface area contributed by atoms with Crippen molar-refractivity contribution >= 4 is 18.0 Å². The number of aliphatic carboxylic acids is 1. The van der Waals surface area contributed by atoms with Gasteiger partial charge in [0.1, 0.15) is 12.6 Å². The molecule has 0 saturated heterocycles. The van der Waals surface area contributed by atoms with Crippen LogP contribution in [0.25, 0.3) is 11.1 Å². The molecule has 0 heterocycles. The van der Waals surface area contributed by atoms with Gasteiger partial charge in [-0.15, -0.1) is 0 Å². The maximum Gasteiger partial charge on any atom is 0.407 e. The molecule has 3 aromatic rings. The summed E-state index contributed by atoms with van der Waals surface area (Å²) in [5.41, 5.74) is 5.29. The molecule has 8 heteroatoms. The lowest BCUT2D eigenvalue weighted by atomic mass is 9.97. The summed E-state index contributed by atoms with van der Waals surface area (Å²) < 4.78 is 11.4. The second kappa shape index (κ2) is 13.3. The van der Waals surface area contributed by atoms with Crippen LogP contribution in [0.3, 0.4) is 0 Å². The number of hydrogen-bond acceptors (Lipinski definition) is 5. The summed E-state index contributed by atoms with van der Waals surface area (Å²) in [7, 11) is 0. The topological polar surface area (TPSA) is 114 Å². The SMILES string of the molecule is CCC(C)[C@H](NC(=O)OCC1c2ccccc2-c2ccccc21)C(=O)N[C@@H](C(=O)O)[C@H](C)OCc1ccccc1. The summed E-state index contributed by atoms with van der Waals surface area (Å²) in [6.45, 7) is 5.62. The number of carbonyl (C=O) groups is 3. The van der Waals surface area contributed by atoms with Crippen molar-refractivity contribution < 1.29 is 29.0 Å². The van der Waals surface area contributed by atoms with Gasteiger partial charge in [0, 0.05) is 5.92 Å². The van der Waals surface area contributed by atoms with Crippen molar-refractivity contribution in [1.29, 1.82) is 0 Å². The van der Waals surface area contributed by atoms with Gasteiger partial charge in [-0.2, -0.15) is 0 Å². The molecular weight excluding hydrogens is 508 g/mol. The zero-order chi connectivity index (χ0) is 28.6. The van der Waals surface area contributed by atoms with Crippen molar-refractivity contribution in [2.75, 3.05) is 6.61 Å². The van der Waals surface area contributed by atoms with Gasteiger partial charge in [0.2, 0.25) is 5.91 Å². The van der Waals surface area contributed by atoms with Crippen LogP contribution in [0.15, 0.2) is 78.9 Å². The number of amides is 2. The van der Waals surface area contributed by atoms with Gasteiger partial charge in [-0.3, -0.25) is 4.79 Å². The minimum Gasteiger partial charge on any atom is -0.480 e. The molecule has 0 spiro atoms. The highest BCUT2D eigenvalue weighted by molar-refractivity contribution is 5.89. The molecule has 40 heavy (non-hydrogen) atoms. The molecule has 0 aliphatic heterocycles. The van der Waals surface area contributed by atoms with Crippen LogP contribution in [-0.2, 0) is 25.7 Å². The lowest BCUT2D eigenvalue weighted by Crippen LogP contribution is -2.57. The van der Waals surface area contributed by atoms with Crippen LogP contribution in [0.2, 0.25) is 0 Å². The molecule has 210 valence electrons. The monoisotopic (exact) mass is 544 g/mol. The highest BCUT2D eigenvalue weighted by Gasteiger charge is 2.34. The second-order valence-corrected chi connectivity index (χ2v) is 10.2. The van der Waals surface area contributed by atoms with E-state index < -0.39 is 36.2 Å². The van der Waals surface area contributed by atoms with E-state index in [4.69, 9.17) is 9.47 Å². The van der Waals surface area contributed by atoms with Crippen LogP contribution in [0.4, 0.5) is 4.79 Å². The molecule has 0 aromatic heterocycles. The number of hydrogen-bond donors (Lipinski definition) is 3. The molecule has 1 aliphatic carbocycles. The van der Waals surface area contributed by atoms with Gasteiger partial charge in [0.15, 0.2) is 6.04 Å². The van der Waals surface area contributed by atoms with E-state index in [2.05, 4.69) is 22.8 Å². The minimum atomic E-state index is -1.30. The fourth-order valence-electron chi connectivity index (χ4n) is 4.99. The lowest BCUT2D eigenvalue weighted by Gasteiger charge is -2.27. The number of benzene rings is 3. The van der Waals surface area contributed by atoms with Crippen molar-refractivity contribution in [2.45, 2.75) is 57.9 Å². The van der Waals surface area contributed by atoms with E-state index in [1.165, 1.54) is 0 Å². The third-order valence-electron chi connectivity index (χ3n) is 7.50. The minimum absolute atomic E-state index is 0.108. The molecule has 0 radical (unpaired) electrons. The smallest absolute Gasteiger partial charge is 0.407 e. The van der Waals surface area contributed by atoms with E-state index in [-0.39, 0.29) is 25.0 Å². The van der Waals surface area contributed by atoms with Crippen LogP contribution in [0.5, 0.6) is 0 Å². The zero-order valence-electron chi connectivity index (χ0n) is 23.0. The highest BCUT2D eigenvalue weighted by atomic mass is 16.5. The van der Waals surface area contributed by atoms with Crippen molar-refractivity contribution in [3.8, 4) is 11.1 Å². The third-order valence-corrected chi connectivity index (χ3v) is 7.50. The normalized spacial score (nSPS) is 15.2. The molecule has 3 aromatic carbocycles. The molecular formula is C32H36N2O6. The van der Waals surface area contributed by atoms with E-state index in [9.17, 15) is 19.5 Å². The molecule has 0 fully saturated rings. The fraction of sp³-hybridized carbons (Fsp3) is 0.344. The number of carbonyl (C=O) groups excluding carboxylic acids is 2. The Labute approximate surface area is 234 Å². The molecule has 8 nitrogen and oxygen atoms in total. The summed E-state index contributed by atoms with van der Waals surface area (Å²) in [4.78, 5) is 38.2. The first-order valence-electron chi connectivity index (χ1n) is 13.6. The Morgan fingerprint density at radius 1 is 0.825 bits per heavy atom. The van der Waals surface area contributed by atoms with Crippen LogP contribution < -0.4 is 10.6 Å². The van der Waals surface area contributed by atoms with Crippen molar-refractivity contribution in [3.63, 3.8) is 0 Å². The Balaban J connectivity index is 1.39. The van der Waals surface area contributed by atoms with Crippen molar-refractivity contribution in [2.24, 2.45) is 5.92 Å². The Morgan fingerprint density at radius 2 is 1.40 bits per heavy atom. The second-order valence-electron chi connectivity index (χ2n) is 10.2. The van der Waals surface area contributed by atoms with Crippen LogP contribution in [-0.4, -0.2) is 47.9 Å². The molecule has 2 amide bonds. The average Bonchev–Trinajstić information content (AvgIpc) is 3.29. The van der Waals surface area contributed by atoms with Gasteiger partial charge < -0.3 is 25.2 Å². The molecule has 4 rings (SSSR count). The van der Waals surface area contributed by atoms with E-state index >= 15 is 0 Å². The van der Waals surface area contributed by atoms with Gasteiger partial charge in [0.25, 0.3) is 0 Å². The number of carboxylic acid groups (broad SMARTS) is 1. The number of carboxylic acids is 1. The predicted molar refractivity (Wildman–Crippen MR) is 152 cm³/mol. The van der Waals surface area contributed by atoms with E-state index in [0.29, 0.717) is 6.42 Å². The molecule has 1 aliphatic rings. The summed E-state index contributed by atoms with van der Waals surface area (Å²) >= 11 is 0. The Kier molecular flexibility index (Phi) is 9.56. The Hall–Kier alpha value is -4.17. The highest BCUT2D eigenvalue weighted by Crippen LogP contribution is 2.44. The summed E-state index contributed by atoms with van der Waals surface area (Å²) in [6.07, 6.45) is -0.962. The van der Waals surface area contributed by atoms with Gasteiger partial charge in [0.05, 0.1) is 12.7 Å². The lowest BCUT2D eigenvalue weighted by molar-refractivity contribution is -0.147. The number of nitrogens with one attached hydrogen (secondary N) is 2. The van der Waals surface area contributed by atoms with Crippen molar-refractivity contribution in [1.82, 2.24) is 10.6 Å². The molecule has 0 bridgehead atoms. The van der Waals surface area contributed by atoms with E-state index in [0.717, 1.165) is 27.8 Å². The van der Waals surface area contributed by atoms with Crippen molar-refractivity contribution in [3.05, 3.63) is 95.6 Å². The largest absolute Gasteiger partial charge is 0.480 e. The van der Waals surface area contributed by atoms with E-state index in [1.807, 2.05) is 80.6 Å². The molecule has 4 atom stereocenters. The summed E-state index contributed by atoms with van der Waals surface area (Å²) in [5, 5.41) is 15.0. The predicted octanol–water partition coefficient (Wildman–Crippen LogP) is 5.11. The van der Waals surface area contributed by atoms with Crippen LogP contribution in [0, 0.1) is 5.92 Å². The number of rotatable bonds is 12. The van der Waals surface area contributed by atoms with Crippen LogP contribution in [0.1, 0.15) is 49.8 Å².